The third kappa shape index (κ3) is 2.73. The molecule has 1 N–H and O–H groups in total. The first-order valence-corrected chi connectivity index (χ1v) is 4.48. The molecule has 0 bridgehead atoms. The molecule has 0 radical (unpaired) electrons. The number of rotatable bonds is 4. The zero-order chi connectivity index (χ0) is 9.84. The van der Waals surface area contributed by atoms with Crippen molar-refractivity contribution in [2.24, 2.45) is 7.05 Å². The van der Waals surface area contributed by atoms with E-state index >= 15 is 0 Å². The van der Waals surface area contributed by atoms with Crippen molar-refractivity contribution in [3.8, 4) is 0 Å². The highest BCUT2D eigenvalue weighted by Gasteiger charge is 2.06. The second kappa shape index (κ2) is 4.28. The first-order chi connectivity index (χ1) is 6.11. The van der Waals surface area contributed by atoms with Gasteiger partial charge in [0.05, 0.1) is 6.10 Å². The molecule has 1 atom stereocenters. The monoisotopic (exact) mass is 183 g/mol. The van der Waals surface area contributed by atoms with Gasteiger partial charge in [-0.25, -0.2) is 4.98 Å². The molecule has 13 heavy (non-hydrogen) atoms. The van der Waals surface area contributed by atoms with Crippen LogP contribution in [-0.4, -0.2) is 34.4 Å². The highest BCUT2D eigenvalue weighted by atomic mass is 16.3. The van der Waals surface area contributed by atoms with Crippen LogP contribution in [0.25, 0.3) is 0 Å². The summed E-state index contributed by atoms with van der Waals surface area (Å²) in [5, 5.41) is 9.11. The van der Waals surface area contributed by atoms with Crippen LogP contribution in [0.1, 0.15) is 13.3 Å². The SMILES string of the molecule is CC(O)CCN(C)c1nccn1C. The first-order valence-electron chi connectivity index (χ1n) is 4.48. The van der Waals surface area contributed by atoms with Crippen LogP contribution in [0.3, 0.4) is 0 Å². The number of anilines is 1. The van der Waals surface area contributed by atoms with Crippen molar-refractivity contribution >= 4 is 5.95 Å². The van der Waals surface area contributed by atoms with E-state index in [1.54, 1.807) is 13.1 Å². The average molecular weight is 183 g/mol. The highest BCUT2D eigenvalue weighted by molar-refractivity contribution is 5.28. The summed E-state index contributed by atoms with van der Waals surface area (Å²) in [7, 11) is 3.94. The standard InChI is InChI=1S/C9H17N3O/c1-8(13)4-6-11(2)9-10-5-7-12(9)3/h5,7-8,13H,4,6H2,1-3H3. The van der Waals surface area contributed by atoms with Gasteiger partial charge in [-0.2, -0.15) is 0 Å². The molecule has 1 aromatic rings. The minimum absolute atomic E-state index is 0.247. The van der Waals surface area contributed by atoms with E-state index in [0.717, 1.165) is 18.9 Å². The number of aliphatic hydroxyl groups excluding tert-OH is 1. The molecule has 0 fully saturated rings. The van der Waals surface area contributed by atoms with Crippen LogP contribution in [0.2, 0.25) is 0 Å². The van der Waals surface area contributed by atoms with Crippen LogP contribution >= 0.6 is 0 Å². The molecule has 0 aromatic carbocycles. The Kier molecular flexibility index (Phi) is 3.31. The van der Waals surface area contributed by atoms with E-state index < -0.39 is 0 Å². The lowest BCUT2D eigenvalue weighted by molar-refractivity contribution is 0.186. The maximum atomic E-state index is 9.11. The van der Waals surface area contributed by atoms with Gasteiger partial charge in [0, 0.05) is 33.0 Å². The van der Waals surface area contributed by atoms with E-state index in [1.807, 2.05) is 29.8 Å². The minimum atomic E-state index is -0.247. The van der Waals surface area contributed by atoms with Gasteiger partial charge < -0.3 is 14.6 Å². The van der Waals surface area contributed by atoms with E-state index in [4.69, 9.17) is 5.11 Å². The molecule has 1 rings (SSSR count). The van der Waals surface area contributed by atoms with Crippen molar-refractivity contribution in [1.29, 1.82) is 0 Å². The van der Waals surface area contributed by atoms with E-state index in [1.165, 1.54) is 0 Å². The Morgan fingerprint density at radius 2 is 2.38 bits per heavy atom. The first kappa shape index (κ1) is 10.1. The quantitative estimate of drug-likeness (QED) is 0.744. The molecule has 0 aliphatic carbocycles. The lowest BCUT2D eigenvalue weighted by Crippen LogP contribution is -2.24. The van der Waals surface area contributed by atoms with Crippen molar-refractivity contribution in [1.82, 2.24) is 9.55 Å². The van der Waals surface area contributed by atoms with Crippen LogP contribution in [0.4, 0.5) is 5.95 Å². The summed E-state index contributed by atoms with van der Waals surface area (Å²) in [6, 6.07) is 0. The lowest BCUT2D eigenvalue weighted by Gasteiger charge is -2.18. The summed E-state index contributed by atoms with van der Waals surface area (Å²) in [5.74, 6) is 0.931. The maximum Gasteiger partial charge on any atom is 0.204 e. The molecule has 74 valence electrons. The van der Waals surface area contributed by atoms with Crippen LogP contribution in [0.15, 0.2) is 12.4 Å². The Balaban J connectivity index is 2.49. The van der Waals surface area contributed by atoms with Gasteiger partial charge in [0.1, 0.15) is 0 Å². The molecule has 0 amide bonds. The summed E-state index contributed by atoms with van der Waals surface area (Å²) in [6.07, 6.45) is 4.20. The van der Waals surface area contributed by atoms with Gasteiger partial charge in [-0.1, -0.05) is 0 Å². The fraction of sp³-hybridized carbons (Fsp3) is 0.667. The van der Waals surface area contributed by atoms with Gasteiger partial charge in [0.2, 0.25) is 5.95 Å². The molecular weight excluding hydrogens is 166 g/mol. The predicted molar refractivity (Wildman–Crippen MR) is 52.8 cm³/mol. The van der Waals surface area contributed by atoms with Gasteiger partial charge in [-0.3, -0.25) is 0 Å². The summed E-state index contributed by atoms with van der Waals surface area (Å²) in [5.41, 5.74) is 0. The molecule has 0 aliphatic heterocycles. The molecule has 1 heterocycles. The molecule has 1 unspecified atom stereocenters. The van der Waals surface area contributed by atoms with Crippen LogP contribution in [-0.2, 0) is 7.05 Å². The van der Waals surface area contributed by atoms with Gasteiger partial charge in [-0.15, -0.1) is 0 Å². The Morgan fingerprint density at radius 3 is 2.85 bits per heavy atom. The topological polar surface area (TPSA) is 41.3 Å². The minimum Gasteiger partial charge on any atom is -0.393 e. The third-order valence-electron chi connectivity index (χ3n) is 2.02. The zero-order valence-corrected chi connectivity index (χ0v) is 8.44. The average Bonchev–Trinajstić information content (AvgIpc) is 2.47. The van der Waals surface area contributed by atoms with Gasteiger partial charge in [0.15, 0.2) is 0 Å². The zero-order valence-electron chi connectivity index (χ0n) is 8.44. The molecule has 0 spiro atoms. The van der Waals surface area contributed by atoms with Gasteiger partial charge in [-0.05, 0) is 13.3 Å². The molecule has 0 aliphatic rings. The Labute approximate surface area is 78.8 Å². The smallest absolute Gasteiger partial charge is 0.204 e. The number of hydrogen-bond donors (Lipinski definition) is 1. The van der Waals surface area contributed by atoms with Crippen LogP contribution < -0.4 is 4.90 Å². The van der Waals surface area contributed by atoms with Crippen LogP contribution in [0.5, 0.6) is 0 Å². The predicted octanol–water partition coefficient (Wildman–Crippen LogP) is 0.627. The van der Waals surface area contributed by atoms with Crippen molar-refractivity contribution in [3.05, 3.63) is 12.4 Å². The molecule has 1 aromatic heterocycles. The fourth-order valence-electron chi connectivity index (χ4n) is 1.21. The summed E-state index contributed by atoms with van der Waals surface area (Å²) in [4.78, 5) is 6.24. The number of nitrogens with zero attached hydrogens (tertiary/aromatic N) is 3. The summed E-state index contributed by atoms with van der Waals surface area (Å²) in [6.45, 7) is 2.62. The molecule has 4 nitrogen and oxygen atoms in total. The van der Waals surface area contributed by atoms with Crippen molar-refractivity contribution in [3.63, 3.8) is 0 Å². The van der Waals surface area contributed by atoms with Gasteiger partial charge in [0.25, 0.3) is 0 Å². The number of imidazole rings is 1. The van der Waals surface area contributed by atoms with Crippen molar-refractivity contribution in [2.75, 3.05) is 18.5 Å². The second-order valence-electron chi connectivity index (χ2n) is 3.40. The van der Waals surface area contributed by atoms with E-state index in [2.05, 4.69) is 4.98 Å². The molecular formula is C9H17N3O. The summed E-state index contributed by atoms with van der Waals surface area (Å²) < 4.78 is 1.96. The van der Waals surface area contributed by atoms with Crippen LogP contribution in [0, 0.1) is 0 Å². The molecule has 0 saturated heterocycles. The Bertz CT molecular complexity index is 257. The van der Waals surface area contributed by atoms with E-state index in [-0.39, 0.29) is 6.10 Å². The second-order valence-corrected chi connectivity index (χ2v) is 3.40. The van der Waals surface area contributed by atoms with E-state index in [9.17, 15) is 0 Å². The normalized spacial score (nSPS) is 12.9. The Hall–Kier alpha value is -1.03. The van der Waals surface area contributed by atoms with Crippen molar-refractivity contribution in [2.45, 2.75) is 19.4 Å². The lowest BCUT2D eigenvalue weighted by atomic mass is 10.3. The van der Waals surface area contributed by atoms with Crippen molar-refractivity contribution < 1.29 is 5.11 Å². The van der Waals surface area contributed by atoms with Gasteiger partial charge >= 0.3 is 0 Å². The fourth-order valence-corrected chi connectivity index (χ4v) is 1.21. The Morgan fingerprint density at radius 1 is 1.69 bits per heavy atom. The highest BCUT2D eigenvalue weighted by Crippen LogP contribution is 2.07. The maximum absolute atomic E-state index is 9.11. The number of aryl methyl sites for hydroxylation is 1. The number of hydrogen-bond acceptors (Lipinski definition) is 3. The number of aromatic nitrogens is 2. The summed E-state index contributed by atoms with van der Waals surface area (Å²) >= 11 is 0. The number of aliphatic hydroxyl groups is 1. The largest absolute Gasteiger partial charge is 0.393 e. The molecule has 0 saturated carbocycles. The molecule has 4 heteroatoms. The van der Waals surface area contributed by atoms with E-state index in [0.29, 0.717) is 0 Å². The third-order valence-corrected chi connectivity index (χ3v) is 2.02.